The van der Waals surface area contributed by atoms with Crippen LogP contribution in [0.15, 0.2) is 24.3 Å². The van der Waals surface area contributed by atoms with Gasteiger partial charge in [-0.3, -0.25) is 5.41 Å². The summed E-state index contributed by atoms with van der Waals surface area (Å²) in [6, 6.07) is 6.95. The second-order valence-electron chi connectivity index (χ2n) is 2.50. The van der Waals surface area contributed by atoms with Gasteiger partial charge in [-0.05, 0) is 12.5 Å². The predicted molar refractivity (Wildman–Crippen MR) is 45.6 cm³/mol. The minimum atomic E-state index is -1.19. The van der Waals surface area contributed by atoms with Crippen LogP contribution in [0.1, 0.15) is 11.1 Å². The van der Waals surface area contributed by atoms with Crippen molar-refractivity contribution < 1.29 is 9.90 Å². The Bertz CT molecular complexity index is 331. The van der Waals surface area contributed by atoms with Crippen molar-refractivity contribution >= 4 is 11.7 Å². The fraction of sp³-hybridized carbons (Fsp3) is 0.111. The normalized spacial score (nSPS) is 9.42. The average Bonchev–Trinajstić information content (AvgIpc) is 2.04. The summed E-state index contributed by atoms with van der Waals surface area (Å²) in [5, 5.41) is 15.8. The summed E-state index contributed by atoms with van der Waals surface area (Å²) in [5.74, 6) is -1.19. The molecule has 0 aliphatic rings. The molecule has 12 heavy (non-hydrogen) atoms. The fourth-order valence-electron chi connectivity index (χ4n) is 0.969. The van der Waals surface area contributed by atoms with Crippen LogP contribution in [0.4, 0.5) is 0 Å². The van der Waals surface area contributed by atoms with E-state index < -0.39 is 5.97 Å². The van der Waals surface area contributed by atoms with Crippen molar-refractivity contribution in [2.45, 2.75) is 6.92 Å². The first-order valence-corrected chi connectivity index (χ1v) is 3.51. The molecule has 62 valence electrons. The Balaban J connectivity index is 3.11. The molecule has 0 bridgehead atoms. The van der Waals surface area contributed by atoms with Gasteiger partial charge in [0, 0.05) is 5.56 Å². The largest absolute Gasteiger partial charge is 0.477 e. The zero-order chi connectivity index (χ0) is 9.14. The molecule has 2 N–H and O–H groups in total. The Morgan fingerprint density at radius 1 is 1.42 bits per heavy atom. The molecule has 0 spiro atoms. The first kappa shape index (κ1) is 8.46. The van der Waals surface area contributed by atoms with Crippen molar-refractivity contribution in [3.05, 3.63) is 35.4 Å². The molecule has 0 atom stereocenters. The minimum Gasteiger partial charge on any atom is -0.477 e. The summed E-state index contributed by atoms with van der Waals surface area (Å²) in [4.78, 5) is 10.4. The topological polar surface area (TPSA) is 61.2 Å². The van der Waals surface area contributed by atoms with E-state index in [0.717, 1.165) is 5.56 Å². The zero-order valence-electron chi connectivity index (χ0n) is 6.66. The van der Waals surface area contributed by atoms with E-state index in [1.807, 2.05) is 6.07 Å². The van der Waals surface area contributed by atoms with Gasteiger partial charge in [0.1, 0.15) is 5.71 Å². The van der Waals surface area contributed by atoms with E-state index in [2.05, 4.69) is 0 Å². The van der Waals surface area contributed by atoms with Crippen LogP contribution in [-0.4, -0.2) is 16.8 Å². The van der Waals surface area contributed by atoms with Gasteiger partial charge in [0.15, 0.2) is 0 Å². The molecule has 0 aromatic heterocycles. The summed E-state index contributed by atoms with van der Waals surface area (Å²) in [6.07, 6.45) is 0. The number of aryl methyl sites for hydroxylation is 1. The molecular formula is C9H9NO2. The minimum absolute atomic E-state index is 0.354. The molecule has 0 aliphatic carbocycles. The Labute approximate surface area is 70.2 Å². The molecule has 1 rings (SSSR count). The maximum atomic E-state index is 10.4. The van der Waals surface area contributed by atoms with Crippen molar-refractivity contribution in [1.82, 2.24) is 0 Å². The molecule has 0 heterocycles. The quantitative estimate of drug-likeness (QED) is 0.648. The standard InChI is InChI=1S/C9H9NO2/c1-6-4-2-3-5-7(6)8(10)9(11)12/h2-5,10H,1H3,(H,11,12). The van der Waals surface area contributed by atoms with Crippen LogP contribution in [-0.2, 0) is 4.79 Å². The van der Waals surface area contributed by atoms with Crippen molar-refractivity contribution in [2.75, 3.05) is 0 Å². The van der Waals surface area contributed by atoms with Gasteiger partial charge in [0.25, 0.3) is 0 Å². The Morgan fingerprint density at radius 2 is 2.00 bits per heavy atom. The maximum absolute atomic E-state index is 10.4. The van der Waals surface area contributed by atoms with Crippen LogP contribution >= 0.6 is 0 Å². The highest BCUT2D eigenvalue weighted by atomic mass is 16.4. The molecule has 0 fully saturated rings. The van der Waals surface area contributed by atoms with Crippen LogP contribution in [0.25, 0.3) is 0 Å². The lowest BCUT2D eigenvalue weighted by atomic mass is 10.0. The lowest BCUT2D eigenvalue weighted by Gasteiger charge is -2.01. The number of rotatable bonds is 2. The average molecular weight is 163 g/mol. The summed E-state index contributed by atoms with van der Waals surface area (Å²) < 4.78 is 0. The highest BCUT2D eigenvalue weighted by Gasteiger charge is 2.10. The molecule has 1 aromatic rings. The van der Waals surface area contributed by atoms with E-state index in [4.69, 9.17) is 10.5 Å². The first-order chi connectivity index (χ1) is 5.63. The van der Waals surface area contributed by atoms with E-state index in [-0.39, 0.29) is 5.71 Å². The maximum Gasteiger partial charge on any atom is 0.354 e. The lowest BCUT2D eigenvalue weighted by molar-refractivity contribution is -0.129. The third-order valence-corrected chi connectivity index (χ3v) is 1.63. The smallest absolute Gasteiger partial charge is 0.354 e. The molecule has 0 saturated carbocycles. The number of aliphatic carboxylic acids is 1. The molecule has 1 aromatic carbocycles. The monoisotopic (exact) mass is 163 g/mol. The summed E-state index contributed by atoms with van der Waals surface area (Å²) >= 11 is 0. The van der Waals surface area contributed by atoms with Crippen LogP contribution in [0.2, 0.25) is 0 Å². The second-order valence-corrected chi connectivity index (χ2v) is 2.50. The predicted octanol–water partition coefficient (Wildman–Crippen LogP) is 1.45. The van der Waals surface area contributed by atoms with Crippen LogP contribution < -0.4 is 0 Å². The van der Waals surface area contributed by atoms with Gasteiger partial charge >= 0.3 is 5.97 Å². The van der Waals surface area contributed by atoms with Gasteiger partial charge in [-0.25, -0.2) is 4.79 Å². The second kappa shape index (κ2) is 3.17. The number of carbonyl (C=O) groups is 1. The van der Waals surface area contributed by atoms with E-state index in [1.165, 1.54) is 0 Å². The van der Waals surface area contributed by atoms with Gasteiger partial charge in [0.2, 0.25) is 0 Å². The van der Waals surface area contributed by atoms with Crippen LogP contribution in [0, 0.1) is 12.3 Å². The Hall–Kier alpha value is -1.64. The first-order valence-electron chi connectivity index (χ1n) is 3.51. The highest BCUT2D eigenvalue weighted by molar-refractivity contribution is 6.41. The molecule has 0 unspecified atom stereocenters. The van der Waals surface area contributed by atoms with Crippen LogP contribution in [0.5, 0.6) is 0 Å². The van der Waals surface area contributed by atoms with Crippen molar-refractivity contribution in [3.63, 3.8) is 0 Å². The van der Waals surface area contributed by atoms with E-state index in [0.29, 0.717) is 5.56 Å². The van der Waals surface area contributed by atoms with Crippen LogP contribution in [0.3, 0.4) is 0 Å². The molecule has 3 nitrogen and oxygen atoms in total. The number of nitrogens with one attached hydrogen (secondary N) is 1. The van der Waals surface area contributed by atoms with Crippen molar-refractivity contribution in [3.8, 4) is 0 Å². The summed E-state index contributed by atoms with van der Waals surface area (Å²) in [6.45, 7) is 1.78. The number of benzene rings is 1. The molecule has 0 saturated heterocycles. The van der Waals surface area contributed by atoms with Crippen molar-refractivity contribution in [1.29, 1.82) is 5.41 Å². The molecule has 3 heteroatoms. The molecule has 0 amide bonds. The fourth-order valence-corrected chi connectivity index (χ4v) is 0.969. The van der Waals surface area contributed by atoms with Crippen molar-refractivity contribution in [2.24, 2.45) is 0 Å². The Kier molecular flexibility index (Phi) is 2.24. The summed E-state index contributed by atoms with van der Waals surface area (Å²) in [5.41, 5.74) is 0.933. The number of hydrogen-bond acceptors (Lipinski definition) is 2. The SMILES string of the molecule is Cc1ccccc1C(=N)C(=O)O. The Morgan fingerprint density at radius 3 is 2.50 bits per heavy atom. The van der Waals surface area contributed by atoms with Gasteiger partial charge in [0.05, 0.1) is 0 Å². The molecular weight excluding hydrogens is 154 g/mol. The zero-order valence-corrected chi connectivity index (χ0v) is 6.66. The van der Waals surface area contributed by atoms with Gasteiger partial charge < -0.3 is 5.11 Å². The van der Waals surface area contributed by atoms with Gasteiger partial charge in [-0.15, -0.1) is 0 Å². The van der Waals surface area contributed by atoms with Gasteiger partial charge in [-0.2, -0.15) is 0 Å². The number of hydrogen-bond donors (Lipinski definition) is 2. The van der Waals surface area contributed by atoms with E-state index in [1.54, 1.807) is 25.1 Å². The number of carboxylic acid groups (broad SMARTS) is 1. The lowest BCUT2D eigenvalue weighted by Crippen LogP contribution is -2.13. The third kappa shape index (κ3) is 1.50. The van der Waals surface area contributed by atoms with E-state index in [9.17, 15) is 4.79 Å². The number of carboxylic acids is 1. The van der Waals surface area contributed by atoms with E-state index >= 15 is 0 Å². The summed E-state index contributed by atoms with van der Waals surface area (Å²) in [7, 11) is 0. The third-order valence-electron chi connectivity index (χ3n) is 1.63. The van der Waals surface area contributed by atoms with Gasteiger partial charge in [-0.1, -0.05) is 24.3 Å². The highest BCUT2D eigenvalue weighted by Crippen LogP contribution is 2.07. The molecule has 0 aliphatic heterocycles. The molecule has 0 radical (unpaired) electrons.